The molecule has 1 aromatic carbocycles. The molecule has 0 heterocycles. The van der Waals surface area contributed by atoms with Crippen LogP contribution in [-0.2, 0) is 51.8 Å². The molecule has 1 aromatic rings. The predicted molar refractivity (Wildman–Crippen MR) is 98.1 cm³/mol. The number of ether oxygens (including phenoxy) is 2. The summed E-state index contributed by atoms with van der Waals surface area (Å²) in [5.74, 6) is -1.11. The first-order valence-corrected chi connectivity index (χ1v) is 8.65. The second-order valence-corrected chi connectivity index (χ2v) is 6.93. The molecule has 0 saturated heterocycles. The molecule has 0 aliphatic heterocycles. The van der Waals surface area contributed by atoms with Crippen LogP contribution in [0.4, 0.5) is 4.79 Å². The van der Waals surface area contributed by atoms with Gasteiger partial charge in [0.15, 0.2) is 0 Å². The minimum Gasteiger partial charge on any atom is -0.533 e. The molecule has 0 bridgehead atoms. The number of aromatic hydroxyl groups is 1. The Morgan fingerprint density at radius 1 is 1.25 bits per heavy atom. The van der Waals surface area contributed by atoms with Crippen molar-refractivity contribution in [2.45, 2.75) is 52.7 Å². The van der Waals surface area contributed by atoms with Crippen LogP contribution in [0.1, 0.15) is 51.3 Å². The Labute approximate surface area is 190 Å². The van der Waals surface area contributed by atoms with Gasteiger partial charge in [-0.05, 0) is 27.7 Å². The summed E-state index contributed by atoms with van der Waals surface area (Å²) in [7, 11) is 0. The van der Waals surface area contributed by atoms with Crippen LogP contribution >= 0.6 is 0 Å². The summed E-state index contributed by atoms with van der Waals surface area (Å²) in [6.07, 6.45) is -0.900. The van der Waals surface area contributed by atoms with Crippen molar-refractivity contribution in [3.63, 3.8) is 0 Å². The van der Waals surface area contributed by atoms with Crippen molar-refractivity contribution in [1.29, 1.82) is 0 Å². The molecule has 1 rings (SSSR count). The van der Waals surface area contributed by atoms with Crippen LogP contribution in [-0.4, -0.2) is 41.8 Å². The molecule has 0 aliphatic rings. The quantitative estimate of drug-likeness (QED) is 0.418. The van der Waals surface area contributed by atoms with Gasteiger partial charge in [0, 0.05) is 11.8 Å². The number of carbonyl (C=O) groups is 3. The molecule has 0 saturated carbocycles. The summed E-state index contributed by atoms with van der Waals surface area (Å²) >= 11 is 0. The Morgan fingerprint density at radius 3 is 2.46 bits per heavy atom. The number of carbonyl (C=O) groups excluding carboxylic acids is 3. The molecule has 0 fully saturated rings. The molecule has 1 atom stereocenters. The van der Waals surface area contributed by atoms with E-state index in [9.17, 15) is 19.5 Å². The molecule has 2 amide bonds. The summed E-state index contributed by atoms with van der Waals surface area (Å²) in [4.78, 5) is 35.7. The smallest absolute Gasteiger partial charge is 0.533 e. The first kappa shape index (κ1) is 26.3. The van der Waals surface area contributed by atoms with Gasteiger partial charge in [0.05, 0.1) is 19.6 Å². The van der Waals surface area contributed by atoms with Crippen molar-refractivity contribution < 1.29 is 61.7 Å². The fourth-order valence-corrected chi connectivity index (χ4v) is 2.22. The van der Waals surface area contributed by atoms with Crippen LogP contribution in [0.3, 0.4) is 0 Å². The summed E-state index contributed by atoms with van der Waals surface area (Å²) in [6, 6.07) is 5.11. The van der Waals surface area contributed by atoms with Gasteiger partial charge in [-0.1, -0.05) is 12.5 Å². The normalized spacial score (nSPS) is 11.6. The van der Waals surface area contributed by atoms with Crippen molar-refractivity contribution in [3.8, 4) is 5.75 Å². The van der Waals surface area contributed by atoms with Gasteiger partial charge in [-0.2, -0.15) is 18.2 Å². The second kappa shape index (κ2) is 12.0. The van der Waals surface area contributed by atoms with Gasteiger partial charge >= 0.3 is 44.8 Å². The molecule has 150 valence electrons. The summed E-state index contributed by atoms with van der Waals surface area (Å²) < 4.78 is 9.99. The maximum absolute atomic E-state index is 12.2. The number of amides is 2. The van der Waals surface area contributed by atoms with Crippen LogP contribution in [0.5, 0.6) is 5.75 Å². The fourth-order valence-electron chi connectivity index (χ4n) is 2.22. The summed E-state index contributed by atoms with van der Waals surface area (Å²) in [5.41, 5.74) is 0.215. The molecule has 3 N–H and O–H groups in total. The van der Waals surface area contributed by atoms with E-state index in [2.05, 4.69) is 16.7 Å². The van der Waals surface area contributed by atoms with Crippen LogP contribution < -0.4 is 10.6 Å². The van der Waals surface area contributed by atoms with E-state index in [1.165, 1.54) is 6.07 Å². The monoisotopic (exact) mass is 468 g/mol. The summed E-state index contributed by atoms with van der Waals surface area (Å²) in [6.45, 7) is 8.34. The Balaban J connectivity index is 0.00000729. The van der Waals surface area contributed by atoms with E-state index < -0.39 is 29.6 Å². The van der Waals surface area contributed by atoms with Gasteiger partial charge in [-0.25, -0.2) is 4.79 Å². The maximum Gasteiger partial charge on any atom is 3.00 e. The van der Waals surface area contributed by atoms with Crippen molar-refractivity contribution in [2.75, 3.05) is 13.2 Å². The molecule has 8 nitrogen and oxygen atoms in total. The number of benzene rings is 1. The van der Waals surface area contributed by atoms with Gasteiger partial charge in [-0.15, -0.1) is 5.56 Å². The predicted octanol–water partition coefficient (Wildman–Crippen LogP) is 2.13. The first-order chi connectivity index (χ1) is 12.5. The topological polar surface area (TPSA) is 114 Å². The standard InChI is InChI=1S/C19H27N2O6.Y/c1-6-26-16(23)10-14(13-9-7-8-12(2)17(13)24)21-15(22)11-20-18(25)27-19(3,4)5;/h8-9,14,24H,6,10-11H2,1-5H3,(H,20,25)(H,21,22);/q-1;+3. The van der Waals surface area contributed by atoms with Crippen LogP contribution in [0.2, 0.25) is 0 Å². The zero-order valence-electron chi connectivity index (χ0n) is 16.9. The number of phenols is 1. The fraction of sp³-hybridized carbons (Fsp3) is 0.526. The number of phenolic OH excluding ortho intramolecular Hbond substituents is 1. The number of hydrogen-bond donors (Lipinski definition) is 3. The molecule has 1 unspecified atom stereocenters. The van der Waals surface area contributed by atoms with Gasteiger partial charge in [0.1, 0.15) is 5.60 Å². The van der Waals surface area contributed by atoms with Gasteiger partial charge < -0.3 is 25.2 Å². The van der Waals surface area contributed by atoms with Gasteiger partial charge in [0.2, 0.25) is 5.91 Å². The number of aryl methyl sites for hydroxylation is 1. The van der Waals surface area contributed by atoms with E-state index in [-0.39, 0.29) is 58.0 Å². The largest absolute Gasteiger partial charge is 3.00 e. The molecule has 0 spiro atoms. The Kier molecular flexibility index (Phi) is 11.3. The van der Waals surface area contributed by atoms with E-state index >= 15 is 0 Å². The van der Waals surface area contributed by atoms with E-state index in [0.29, 0.717) is 11.1 Å². The van der Waals surface area contributed by atoms with Crippen LogP contribution in [0, 0.1) is 13.0 Å². The minimum atomic E-state index is -0.826. The minimum absolute atomic E-state index is 0. The number of rotatable bonds is 7. The average Bonchev–Trinajstić information content (AvgIpc) is 2.53. The van der Waals surface area contributed by atoms with Crippen molar-refractivity contribution in [1.82, 2.24) is 10.6 Å². The molecular formula is C19H27N2O6Y+2. The maximum atomic E-state index is 12.2. The van der Waals surface area contributed by atoms with E-state index in [4.69, 9.17) is 9.47 Å². The molecule has 0 aromatic heterocycles. The summed E-state index contributed by atoms with van der Waals surface area (Å²) in [5, 5.41) is 15.2. The molecule has 28 heavy (non-hydrogen) atoms. The number of esters is 1. The Hall–Kier alpha value is -1.67. The van der Waals surface area contributed by atoms with Crippen molar-refractivity contribution in [3.05, 3.63) is 29.3 Å². The van der Waals surface area contributed by atoms with Crippen LogP contribution in [0.25, 0.3) is 0 Å². The third kappa shape index (κ3) is 9.51. The molecular weight excluding hydrogens is 441 g/mol. The third-order valence-electron chi connectivity index (χ3n) is 3.36. The SMILES string of the molecule is CCOC(=O)CC(NC(=O)CNC(=O)OC(C)(C)C)c1c[c-]cc(C)c1O.[Y+3]. The van der Waals surface area contributed by atoms with E-state index in [1.807, 2.05) is 0 Å². The number of nitrogens with one attached hydrogen (secondary N) is 2. The molecule has 0 aliphatic carbocycles. The third-order valence-corrected chi connectivity index (χ3v) is 3.36. The molecule has 9 heteroatoms. The molecule has 0 radical (unpaired) electrons. The second-order valence-electron chi connectivity index (χ2n) is 6.93. The first-order valence-electron chi connectivity index (χ1n) is 8.65. The van der Waals surface area contributed by atoms with Crippen LogP contribution in [0.15, 0.2) is 12.1 Å². The van der Waals surface area contributed by atoms with E-state index in [1.54, 1.807) is 40.7 Å². The number of hydrogen-bond acceptors (Lipinski definition) is 6. The zero-order valence-corrected chi connectivity index (χ0v) is 19.8. The number of alkyl carbamates (subject to hydrolysis) is 1. The van der Waals surface area contributed by atoms with Crippen molar-refractivity contribution >= 4 is 18.0 Å². The van der Waals surface area contributed by atoms with Crippen molar-refractivity contribution in [2.24, 2.45) is 0 Å². The van der Waals surface area contributed by atoms with Gasteiger partial charge in [-0.3, -0.25) is 9.59 Å². The Bertz CT molecular complexity index is 687. The Morgan fingerprint density at radius 2 is 1.89 bits per heavy atom. The zero-order chi connectivity index (χ0) is 20.6. The van der Waals surface area contributed by atoms with E-state index in [0.717, 1.165) is 0 Å². The van der Waals surface area contributed by atoms with Gasteiger partial charge in [0.25, 0.3) is 0 Å². The average molecular weight is 468 g/mol.